The quantitative estimate of drug-likeness (QED) is 0.279. The summed E-state index contributed by atoms with van der Waals surface area (Å²) in [6.07, 6.45) is 0.220. The van der Waals surface area contributed by atoms with E-state index in [1.165, 1.54) is 0 Å². The molecule has 84 valence electrons. The normalized spacial score (nSPS) is 10.6. The molecule has 1 aromatic rings. The molecule has 4 nitrogen and oxygen atoms in total. The van der Waals surface area contributed by atoms with Crippen LogP contribution in [-0.2, 0) is 10.1 Å². The molecule has 0 atom stereocenters. The summed E-state index contributed by atoms with van der Waals surface area (Å²) in [6, 6.07) is 7.38. The molecular formula is C9H10INaO4S. The SMILES string of the molecule is O=S(=O)([O-])CCCOc1ccc(I)cc1.[Na+]. The predicted octanol–water partition coefficient (Wildman–Crippen LogP) is -1.39. The molecule has 0 saturated heterocycles. The van der Waals surface area contributed by atoms with Gasteiger partial charge in [-0.1, -0.05) is 0 Å². The molecule has 0 aliphatic carbocycles. The average Bonchev–Trinajstić information content (AvgIpc) is 2.14. The first kappa shape index (κ1) is 16.7. The van der Waals surface area contributed by atoms with Crippen LogP contribution in [0, 0.1) is 3.57 Å². The maximum atomic E-state index is 10.3. The number of ether oxygens (including phenoxy) is 1. The molecule has 0 unspecified atom stereocenters. The van der Waals surface area contributed by atoms with E-state index < -0.39 is 10.1 Å². The third kappa shape index (κ3) is 7.86. The van der Waals surface area contributed by atoms with E-state index in [0.717, 1.165) is 3.57 Å². The number of halogens is 1. The van der Waals surface area contributed by atoms with Gasteiger partial charge in [0.05, 0.1) is 16.7 Å². The van der Waals surface area contributed by atoms with Gasteiger partial charge in [0.1, 0.15) is 5.75 Å². The van der Waals surface area contributed by atoms with Crippen molar-refractivity contribution in [1.82, 2.24) is 0 Å². The van der Waals surface area contributed by atoms with E-state index in [4.69, 9.17) is 4.74 Å². The van der Waals surface area contributed by atoms with Crippen molar-refractivity contribution < 1.29 is 47.3 Å². The Labute approximate surface area is 131 Å². The molecule has 1 aromatic carbocycles. The van der Waals surface area contributed by atoms with E-state index >= 15 is 0 Å². The Morgan fingerprint density at radius 1 is 1.25 bits per heavy atom. The van der Waals surface area contributed by atoms with Crippen LogP contribution in [0.25, 0.3) is 0 Å². The molecule has 0 saturated carbocycles. The Morgan fingerprint density at radius 3 is 2.31 bits per heavy atom. The molecule has 0 bridgehead atoms. The van der Waals surface area contributed by atoms with Crippen molar-refractivity contribution in [3.8, 4) is 5.75 Å². The van der Waals surface area contributed by atoms with Crippen molar-refractivity contribution in [2.24, 2.45) is 0 Å². The van der Waals surface area contributed by atoms with Crippen LogP contribution >= 0.6 is 22.6 Å². The third-order valence-electron chi connectivity index (χ3n) is 1.62. The van der Waals surface area contributed by atoms with Gasteiger partial charge in [0.2, 0.25) is 0 Å². The minimum Gasteiger partial charge on any atom is -0.748 e. The minimum absolute atomic E-state index is 0. The first-order chi connectivity index (χ1) is 6.97. The summed E-state index contributed by atoms with van der Waals surface area (Å²) >= 11 is 2.18. The van der Waals surface area contributed by atoms with Gasteiger partial charge in [0.25, 0.3) is 0 Å². The van der Waals surface area contributed by atoms with Gasteiger partial charge in [0.15, 0.2) is 0 Å². The molecule has 0 radical (unpaired) electrons. The Hall–Kier alpha value is 0.660. The Bertz CT molecular complexity index is 404. The summed E-state index contributed by atoms with van der Waals surface area (Å²) < 4.78 is 37.2. The van der Waals surface area contributed by atoms with Crippen LogP contribution in [0.2, 0.25) is 0 Å². The van der Waals surface area contributed by atoms with Crippen LogP contribution in [0.15, 0.2) is 24.3 Å². The van der Waals surface area contributed by atoms with Gasteiger partial charge in [-0.2, -0.15) is 0 Å². The van der Waals surface area contributed by atoms with Crippen LogP contribution < -0.4 is 34.3 Å². The maximum Gasteiger partial charge on any atom is 1.00 e. The zero-order valence-electron chi connectivity index (χ0n) is 8.85. The molecule has 0 aromatic heterocycles. The fourth-order valence-electron chi connectivity index (χ4n) is 0.957. The molecule has 1 rings (SSSR count). The smallest absolute Gasteiger partial charge is 0.748 e. The minimum atomic E-state index is -4.12. The van der Waals surface area contributed by atoms with Gasteiger partial charge in [-0.3, -0.25) is 0 Å². The van der Waals surface area contributed by atoms with Gasteiger partial charge in [-0.15, -0.1) is 0 Å². The molecule has 16 heavy (non-hydrogen) atoms. The summed E-state index contributed by atoms with van der Waals surface area (Å²) in [5.41, 5.74) is 0. The van der Waals surface area contributed by atoms with E-state index in [1.807, 2.05) is 12.1 Å². The number of hydrogen-bond acceptors (Lipinski definition) is 4. The second kappa shape index (κ2) is 7.88. The Balaban J connectivity index is 0.00000225. The van der Waals surface area contributed by atoms with Crippen molar-refractivity contribution in [2.75, 3.05) is 12.4 Å². The van der Waals surface area contributed by atoms with Gasteiger partial charge in [0, 0.05) is 9.32 Å². The number of benzene rings is 1. The van der Waals surface area contributed by atoms with Crippen molar-refractivity contribution in [3.63, 3.8) is 0 Å². The number of hydrogen-bond donors (Lipinski definition) is 0. The molecule has 0 heterocycles. The Kier molecular flexibility index (Phi) is 8.21. The average molecular weight is 364 g/mol. The number of rotatable bonds is 5. The molecular weight excluding hydrogens is 354 g/mol. The van der Waals surface area contributed by atoms with Crippen LogP contribution in [0.4, 0.5) is 0 Å². The van der Waals surface area contributed by atoms with Crippen LogP contribution in [0.5, 0.6) is 5.75 Å². The second-order valence-electron chi connectivity index (χ2n) is 2.92. The standard InChI is InChI=1S/C9H11IO4S.Na/c10-8-2-4-9(5-3-8)14-6-1-7-15(11,12)13;/h2-5H,1,6-7H2,(H,11,12,13);/q;+1/p-1. The Morgan fingerprint density at radius 2 is 1.81 bits per heavy atom. The predicted molar refractivity (Wildman–Crippen MR) is 63.8 cm³/mol. The van der Waals surface area contributed by atoms with Crippen molar-refractivity contribution >= 4 is 32.7 Å². The fraction of sp³-hybridized carbons (Fsp3) is 0.333. The molecule has 0 amide bonds. The first-order valence-corrected chi connectivity index (χ1v) is 6.95. The summed E-state index contributed by atoms with van der Waals surface area (Å²) in [4.78, 5) is 0. The van der Waals surface area contributed by atoms with Gasteiger partial charge in [-0.25, -0.2) is 8.42 Å². The second-order valence-corrected chi connectivity index (χ2v) is 5.69. The monoisotopic (exact) mass is 364 g/mol. The van der Waals surface area contributed by atoms with E-state index in [0.29, 0.717) is 5.75 Å². The molecule has 0 aliphatic heterocycles. The topological polar surface area (TPSA) is 66.4 Å². The van der Waals surface area contributed by atoms with Gasteiger partial charge >= 0.3 is 29.6 Å². The molecule has 0 aliphatic rings. The molecule has 7 heteroatoms. The summed E-state index contributed by atoms with van der Waals surface area (Å²) in [6.45, 7) is 0.238. The maximum absolute atomic E-state index is 10.3. The summed E-state index contributed by atoms with van der Waals surface area (Å²) in [5.74, 6) is 0.302. The fourth-order valence-corrected chi connectivity index (χ4v) is 1.79. The van der Waals surface area contributed by atoms with E-state index in [-0.39, 0.29) is 48.3 Å². The molecule has 0 N–H and O–H groups in total. The van der Waals surface area contributed by atoms with Crippen LogP contribution in [0.1, 0.15) is 6.42 Å². The largest absolute Gasteiger partial charge is 1.00 e. The van der Waals surface area contributed by atoms with Crippen molar-refractivity contribution in [2.45, 2.75) is 6.42 Å². The zero-order chi connectivity index (χ0) is 11.3. The molecule has 0 spiro atoms. The first-order valence-electron chi connectivity index (χ1n) is 4.29. The van der Waals surface area contributed by atoms with E-state index in [1.54, 1.807) is 12.1 Å². The van der Waals surface area contributed by atoms with Crippen molar-refractivity contribution in [3.05, 3.63) is 27.8 Å². The van der Waals surface area contributed by atoms with Crippen LogP contribution in [0.3, 0.4) is 0 Å². The zero-order valence-corrected chi connectivity index (χ0v) is 13.8. The third-order valence-corrected chi connectivity index (χ3v) is 3.13. The molecule has 0 fully saturated rings. The van der Waals surface area contributed by atoms with Gasteiger partial charge < -0.3 is 9.29 Å². The van der Waals surface area contributed by atoms with Crippen molar-refractivity contribution in [1.29, 1.82) is 0 Å². The summed E-state index contributed by atoms with van der Waals surface area (Å²) in [5, 5.41) is 0. The van der Waals surface area contributed by atoms with Crippen LogP contribution in [-0.4, -0.2) is 25.3 Å². The van der Waals surface area contributed by atoms with E-state index in [2.05, 4.69) is 22.6 Å². The van der Waals surface area contributed by atoms with E-state index in [9.17, 15) is 13.0 Å². The summed E-state index contributed by atoms with van der Waals surface area (Å²) in [7, 11) is -4.12. The van der Waals surface area contributed by atoms with Gasteiger partial charge in [-0.05, 0) is 53.3 Å².